The molecule has 0 unspecified atom stereocenters. The first kappa shape index (κ1) is 14.5. The second kappa shape index (κ2) is 6.40. The second-order valence-electron chi connectivity index (χ2n) is 4.85. The molecule has 0 saturated heterocycles. The SMILES string of the molecule is CCOc1ccc(CNC(=O)C(C)(C)CN)cc1. The standard InChI is InChI=1S/C14H22N2O2/c1-4-18-12-7-5-11(6-8-12)9-16-13(17)14(2,3)10-15/h5-8H,4,9-10,15H2,1-3H3,(H,16,17). The Hall–Kier alpha value is -1.55. The summed E-state index contributed by atoms with van der Waals surface area (Å²) in [5.74, 6) is 0.814. The molecule has 1 aromatic rings. The Bertz CT molecular complexity index is 385. The van der Waals surface area contributed by atoms with Crippen LogP contribution >= 0.6 is 0 Å². The van der Waals surface area contributed by atoms with E-state index in [1.807, 2.05) is 45.0 Å². The molecule has 0 aliphatic rings. The zero-order chi connectivity index (χ0) is 13.6. The van der Waals surface area contributed by atoms with Crippen molar-refractivity contribution in [1.82, 2.24) is 5.32 Å². The van der Waals surface area contributed by atoms with Gasteiger partial charge in [0.25, 0.3) is 0 Å². The van der Waals surface area contributed by atoms with Gasteiger partial charge < -0.3 is 15.8 Å². The number of hydrogen-bond acceptors (Lipinski definition) is 3. The molecule has 0 saturated carbocycles. The van der Waals surface area contributed by atoms with Gasteiger partial charge in [-0.15, -0.1) is 0 Å². The van der Waals surface area contributed by atoms with Crippen molar-refractivity contribution < 1.29 is 9.53 Å². The van der Waals surface area contributed by atoms with E-state index in [1.165, 1.54) is 0 Å². The lowest BCUT2D eigenvalue weighted by atomic mass is 9.92. The Kier molecular flexibility index (Phi) is 5.16. The van der Waals surface area contributed by atoms with Gasteiger partial charge >= 0.3 is 0 Å². The van der Waals surface area contributed by atoms with Crippen LogP contribution in [0.4, 0.5) is 0 Å². The first-order valence-corrected chi connectivity index (χ1v) is 6.19. The van der Waals surface area contributed by atoms with Crippen LogP contribution in [0.25, 0.3) is 0 Å². The van der Waals surface area contributed by atoms with Gasteiger partial charge in [-0.1, -0.05) is 12.1 Å². The predicted octanol–water partition coefficient (Wildman–Crippen LogP) is 1.69. The molecule has 1 aromatic carbocycles. The van der Waals surface area contributed by atoms with Crippen LogP contribution in [0.15, 0.2) is 24.3 Å². The van der Waals surface area contributed by atoms with Crippen molar-refractivity contribution in [3.63, 3.8) is 0 Å². The van der Waals surface area contributed by atoms with Gasteiger partial charge in [-0.2, -0.15) is 0 Å². The Morgan fingerprint density at radius 1 is 1.33 bits per heavy atom. The van der Waals surface area contributed by atoms with E-state index in [-0.39, 0.29) is 5.91 Å². The van der Waals surface area contributed by atoms with Crippen LogP contribution in [0.3, 0.4) is 0 Å². The number of ether oxygens (including phenoxy) is 1. The lowest BCUT2D eigenvalue weighted by Gasteiger charge is -2.21. The molecule has 4 heteroatoms. The molecule has 0 aliphatic carbocycles. The van der Waals surface area contributed by atoms with E-state index in [1.54, 1.807) is 0 Å². The highest BCUT2D eigenvalue weighted by Gasteiger charge is 2.25. The molecule has 0 atom stereocenters. The largest absolute Gasteiger partial charge is 0.494 e. The molecule has 1 amide bonds. The molecule has 4 nitrogen and oxygen atoms in total. The first-order valence-electron chi connectivity index (χ1n) is 6.19. The van der Waals surface area contributed by atoms with E-state index >= 15 is 0 Å². The summed E-state index contributed by atoms with van der Waals surface area (Å²) in [6, 6.07) is 7.69. The summed E-state index contributed by atoms with van der Waals surface area (Å²) >= 11 is 0. The van der Waals surface area contributed by atoms with Crippen molar-refractivity contribution in [2.75, 3.05) is 13.2 Å². The van der Waals surface area contributed by atoms with Crippen LogP contribution in [0, 0.1) is 5.41 Å². The van der Waals surface area contributed by atoms with Crippen LogP contribution in [0.1, 0.15) is 26.3 Å². The first-order chi connectivity index (χ1) is 8.49. The summed E-state index contributed by atoms with van der Waals surface area (Å²) in [5, 5.41) is 2.88. The Morgan fingerprint density at radius 2 is 1.94 bits per heavy atom. The Balaban J connectivity index is 2.51. The summed E-state index contributed by atoms with van der Waals surface area (Å²) < 4.78 is 5.35. The van der Waals surface area contributed by atoms with Gasteiger partial charge in [0, 0.05) is 13.1 Å². The smallest absolute Gasteiger partial charge is 0.227 e. The fourth-order valence-corrected chi connectivity index (χ4v) is 1.38. The summed E-state index contributed by atoms with van der Waals surface area (Å²) in [6.45, 7) is 7.11. The molecule has 0 bridgehead atoms. The van der Waals surface area contributed by atoms with Gasteiger partial charge in [0.1, 0.15) is 5.75 Å². The fraction of sp³-hybridized carbons (Fsp3) is 0.500. The minimum Gasteiger partial charge on any atom is -0.494 e. The van der Waals surface area contributed by atoms with Crippen molar-refractivity contribution in [3.05, 3.63) is 29.8 Å². The maximum atomic E-state index is 11.8. The molecule has 0 fully saturated rings. The molecular weight excluding hydrogens is 228 g/mol. The molecule has 0 radical (unpaired) electrons. The van der Waals surface area contributed by atoms with Crippen molar-refractivity contribution in [1.29, 1.82) is 0 Å². The van der Waals surface area contributed by atoms with Gasteiger partial charge in [-0.3, -0.25) is 4.79 Å². The maximum Gasteiger partial charge on any atom is 0.227 e. The average molecular weight is 250 g/mol. The van der Waals surface area contributed by atoms with E-state index in [0.29, 0.717) is 19.7 Å². The summed E-state index contributed by atoms with van der Waals surface area (Å²) in [4.78, 5) is 11.8. The number of carbonyl (C=O) groups excluding carboxylic acids is 1. The Morgan fingerprint density at radius 3 is 2.44 bits per heavy atom. The van der Waals surface area contributed by atoms with E-state index in [4.69, 9.17) is 10.5 Å². The average Bonchev–Trinajstić information content (AvgIpc) is 2.38. The van der Waals surface area contributed by atoms with Crippen LogP contribution in [-0.4, -0.2) is 19.1 Å². The lowest BCUT2D eigenvalue weighted by molar-refractivity contribution is -0.129. The number of nitrogens with two attached hydrogens (primary N) is 1. The van der Waals surface area contributed by atoms with Gasteiger partial charge in [-0.25, -0.2) is 0 Å². The minimum atomic E-state index is -0.523. The third-order valence-electron chi connectivity index (χ3n) is 2.81. The van der Waals surface area contributed by atoms with Crippen LogP contribution in [0.2, 0.25) is 0 Å². The number of carbonyl (C=O) groups is 1. The van der Waals surface area contributed by atoms with Crippen molar-refractivity contribution >= 4 is 5.91 Å². The highest BCUT2D eigenvalue weighted by atomic mass is 16.5. The number of rotatable bonds is 6. The van der Waals surface area contributed by atoms with Crippen molar-refractivity contribution in [2.24, 2.45) is 11.1 Å². The van der Waals surface area contributed by atoms with Crippen molar-refractivity contribution in [2.45, 2.75) is 27.3 Å². The third-order valence-corrected chi connectivity index (χ3v) is 2.81. The molecule has 0 heterocycles. The fourth-order valence-electron chi connectivity index (χ4n) is 1.38. The highest BCUT2D eigenvalue weighted by Crippen LogP contribution is 2.14. The van der Waals surface area contributed by atoms with Gasteiger partial charge in [-0.05, 0) is 38.5 Å². The summed E-state index contributed by atoms with van der Waals surface area (Å²) in [6.07, 6.45) is 0. The van der Waals surface area contributed by atoms with E-state index in [9.17, 15) is 4.79 Å². The molecule has 0 aromatic heterocycles. The molecule has 100 valence electrons. The number of benzene rings is 1. The molecule has 0 spiro atoms. The molecule has 18 heavy (non-hydrogen) atoms. The highest BCUT2D eigenvalue weighted by molar-refractivity contribution is 5.81. The zero-order valence-electron chi connectivity index (χ0n) is 11.3. The van der Waals surface area contributed by atoms with Crippen LogP contribution < -0.4 is 15.8 Å². The van der Waals surface area contributed by atoms with E-state index < -0.39 is 5.41 Å². The molecule has 1 rings (SSSR count). The topological polar surface area (TPSA) is 64.3 Å². The lowest BCUT2D eigenvalue weighted by Crippen LogP contribution is -2.41. The number of nitrogens with one attached hydrogen (secondary N) is 1. The van der Waals surface area contributed by atoms with E-state index in [2.05, 4.69) is 5.32 Å². The normalized spacial score (nSPS) is 11.1. The molecular formula is C14H22N2O2. The van der Waals surface area contributed by atoms with Crippen LogP contribution in [-0.2, 0) is 11.3 Å². The number of hydrogen-bond donors (Lipinski definition) is 2. The molecule has 3 N–H and O–H groups in total. The maximum absolute atomic E-state index is 11.8. The van der Waals surface area contributed by atoms with Crippen molar-refractivity contribution in [3.8, 4) is 5.75 Å². The minimum absolute atomic E-state index is 0.0288. The molecule has 0 aliphatic heterocycles. The Labute approximate surface area is 109 Å². The third kappa shape index (κ3) is 4.04. The van der Waals surface area contributed by atoms with Gasteiger partial charge in [0.2, 0.25) is 5.91 Å². The van der Waals surface area contributed by atoms with Gasteiger partial charge in [0.15, 0.2) is 0 Å². The van der Waals surface area contributed by atoms with Crippen LogP contribution in [0.5, 0.6) is 5.75 Å². The monoisotopic (exact) mass is 250 g/mol. The summed E-state index contributed by atoms with van der Waals surface area (Å²) in [5.41, 5.74) is 6.07. The zero-order valence-corrected chi connectivity index (χ0v) is 11.3. The van der Waals surface area contributed by atoms with Gasteiger partial charge in [0.05, 0.1) is 12.0 Å². The van der Waals surface area contributed by atoms with E-state index in [0.717, 1.165) is 11.3 Å². The second-order valence-corrected chi connectivity index (χ2v) is 4.85. The summed E-state index contributed by atoms with van der Waals surface area (Å²) in [7, 11) is 0. The quantitative estimate of drug-likeness (QED) is 0.807. The predicted molar refractivity (Wildman–Crippen MR) is 72.3 cm³/mol. The number of amides is 1.